The molecule has 0 N–H and O–H groups in total. The van der Waals surface area contributed by atoms with E-state index in [1.54, 1.807) is 27.4 Å². The second kappa shape index (κ2) is 8.53. The number of carbonyl (C=O) groups excluding carboxylic acids is 1. The van der Waals surface area contributed by atoms with Gasteiger partial charge in [-0.2, -0.15) is 0 Å². The summed E-state index contributed by atoms with van der Waals surface area (Å²) in [6, 6.07) is 11.4. The largest absolute Gasteiger partial charge is 0.493 e. The van der Waals surface area contributed by atoms with Gasteiger partial charge >= 0.3 is 5.97 Å². The maximum atomic E-state index is 11.3. The third kappa shape index (κ3) is 3.70. The van der Waals surface area contributed by atoms with Crippen molar-refractivity contribution in [3.8, 4) is 23.0 Å². The average Bonchev–Trinajstić information content (AvgIpc) is 3.35. The molecule has 30 heavy (non-hydrogen) atoms. The number of esters is 1. The number of hydrogen-bond acceptors (Lipinski definition) is 7. The van der Waals surface area contributed by atoms with Gasteiger partial charge in [-0.1, -0.05) is 12.1 Å². The number of carbonyl (C=O) groups is 1. The van der Waals surface area contributed by atoms with Crippen LogP contribution in [0.15, 0.2) is 36.4 Å². The Bertz CT molecular complexity index is 926. The van der Waals surface area contributed by atoms with Gasteiger partial charge in [0.05, 0.1) is 46.8 Å². The Hall–Kier alpha value is -2.77. The van der Waals surface area contributed by atoms with Crippen LogP contribution >= 0.6 is 0 Å². The number of rotatable bonds is 6. The van der Waals surface area contributed by atoms with Crippen LogP contribution in [0.2, 0.25) is 0 Å². The van der Waals surface area contributed by atoms with Crippen molar-refractivity contribution < 1.29 is 33.2 Å². The van der Waals surface area contributed by atoms with Gasteiger partial charge in [-0.25, -0.2) is 0 Å². The van der Waals surface area contributed by atoms with Crippen LogP contribution in [-0.2, 0) is 14.3 Å². The van der Waals surface area contributed by atoms with Crippen molar-refractivity contribution in [1.82, 2.24) is 0 Å². The van der Waals surface area contributed by atoms with Gasteiger partial charge in [0.15, 0.2) is 23.0 Å². The molecule has 0 amide bonds. The summed E-state index contributed by atoms with van der Waals surface area (Å²) < 4.78 is 33.8. The lowest BCUT2D eigenvalue weighted by Crippen LogP contribution is -2.15. The average molecular weight is 414 g/mol. The van der Waals surface area contributed by atoms with Gasteiger partial charge in [0.25, 0.3) is 0 Å². The van der Waals surface area contributed by atoms with Crippen molar-refractivity contribution in [3.63, 3.8) is 0 Å². The minimum atomic E-state index is -0.389. The summed E-state index contributed by atoms with van der Waals surface area (Å²) in [5.41, 5.74) is 2.03. The van der Waals surface area contributed by atoms with Crippen LogP contribution in [0.25, 0.3) is 0 Å². The van der Waals surface area contributed by atoms with E-state index < -0.39 is 0 Å². The topological polar surface area (TPSA) is 72.5 Å². The Morgan fingerprint density at radius 3 is 1.70 bits per heavy atom. The van der Waals surface area contributed by atoms with Crippen LogP contribution in [0.4, 0.5) is 0 Å². The van der Waals surface area contributed by atoms with E-state index in [1.165, 1.54) is 6.92 Å². The van der Waals surface area contributed by atoms with Crippen LogP contribution in [0.3, 0.4) is 0 Å². The number of ether oxygens (including phenoxy) is 6. The first kappa shape index (κ1) is 20.5. The standard InChI is InChI=1S/C23H26O7/c1-13(24)30-19-8-6-15(10-21(19)27-4)23-17-12-28-22(16(17)11-29-23)14-5-7-18(25-2)20(9-14)26-3/h5-10,16-17,22-23H,11-12H2,1-4H3/t16-,17-,22+,23+/m0/s1. The zero-order chi connectivity index (χ0) is 21.3. The van der Waals surface area contributed by atoms with Crippen molar-refractivity contribution in [1.29, 1.82) is 0 Å². The van der Waals surface area contributed by atoms with E-state index in [9.17, 15) is 4.79 Å². The molecule has 2 heterocycles. The third-order valence-electron chi connectivity index (χ3n) is 5.77. The van der Waals surface area contributed by atoms with Crippen LogP contribution in [0.5, 0.6) is 23.0 Å². The first-order chi connectivity index (χ1) is 14.5. The Labute approximate surface area is 175 Å². The van der Waals surface area contributed by atoms with E-state index in [1.807, 2.05) is 30.3 Å². The molecule has 4 atom stereocenters. The molecule has 0 radical (unpaired) electrons. The summed E-state index contributed by atoms with van der Waals surface area (Å²) in [6.45, 7) is 2.56. The maximum absolute atomic E-state index is 11.3. The van der Waals surface area contributed by atoms with Crippen molar-refractivity contribution in [2.45, 2.75) is 19.1 Å². The molecule has 2 aliphatic rings. The van der Waals surface area contributed by atoms with Crippen LogP contribution < -0.4 is 18.9 Å². The molecule has 0 saturated carbocycles. The van der Waals surface area contributed by atoms with E-state index in [2.05, 4.69) is 0 Å². The highest BCUT2D eigenvalue weighted by Gasteiger charge is 2.48. The second-order valence-electron chi connectivity index (χ2n) is 7.45. The van der Waals surface area contributed by atoms with Crippen molar-refractivity contribution >= 4 is 5.97 Å². The summed E-state index contributed by atoms with van der Waals surface area (Å²) in [7, 11) is 4.80. The molecular formula is C23H26O7. The van der Waals surface area contributed by atoms with Gasteiger partial charge in [-0.15, -0.1) is 0 Å². The maximum Gasteiger partial charge on any atom is 0.308 e. The molecule has 7 nitrogen and oxygen atoms in total. The van der Waals surface area contributed by atoms with Crippen molar-refractivity contribution in [2.75, 3.05) is 34.5 Å². The predicted octanol–water partition coefficient (Wildman–Crippen LogP) is 3.71. The molecular weight excluding hydrogens is 388 g/mol. The molecule has 160 valence electrons. The lowest BCUT2D eigenvalue weighted by atomic mass is 9.85. The molecule has 2 aromatic carbocycles. The molecule has 0 unspecified atom stereocenters. The highest BCUT2D eigenvalue weighted by Crippen LogP contribution is 2.51. The van der Waals surface area contributed by atoms with E-state index in [0.29, 0.717) is 36.2 Å². The zero-order valence-electron chi connectivity index (χ0n) is 17.5. The zero-order valence-corrected chi connectivity index (χ0v) is 17.5. The highest BCUT2D eigenvalue weighted by molar-refractivity contribution is 5.70. The Balaban J connectivity index is 1.55. The lowest BCUT2D eigenvalue weighted by molar-refractivity contribution is -0.132. The summed E-state index contributed by atoms with van der Waals surface area (Å²) >= 11 is 0. The first-order valence-electron chi connectivity index (χ1n) is 9.87. The summed E-state index contributed by atoms with van der Waals surface area (Å²) in [4.78, 5) is 11.3. The smallest absolute Gasteiger partial charge is 0.308 e. The Kier molecular flexibility index (Phi) is 5.83. The molecule has 0 aliphatic carbocycles. The third-order valence-corrected chi connectivity index (χ3v) is 5.77. The highest BCUT2D eigenvalue weighted by atomic mass is 16.6. The molecule has 2 aromatic rings. The summed E-state index contributed by atoms with van der Waals surface area (Å²) in [5, 5.41) is 0. The summed E-state index contributed by atoms with van der Waals surface area (Å²) in [5.74, 6) is 2.33. The van der Waals surface area contributed by atoms with Gasteiger partial charge < -0.3 is 28.4 Å². The normalized spacial score (nSPS) is 24.9. The van der Waals surface area contributed by atoms with Gasteiger partial charge in [0, 0.05) is 18.8 Å². The van der Waals surface area contributed by atoms with Gasteiger partial charge in [-0.3, -0.25) is 4.79 Å². The van der Waals surface area contributed by atoms with Crippen molar-refractivity contribution in [2.24, 2.45) is 11.8 Å². The van der Waals surface area contributed by atoms with E-state index >= 15 is 0 Å². The van der Waals surface area contributed by atoms with Crippen LogP contribution in [0, 0.1) is 11.8 Å². The lowest BCUT2D eigenvalue weighted by Gasteiger charge is -2.18. The van der Waals surface area contributed by atoms with E-state index in [0.717, 1.165) is 11.1 Å². The van der Waals surface area contributed by atoms with Gasteiger partial charge in [0.2, 0.25) is 0 Å². The number of hydrogen-bond donors (Lipinski definition) is 0. The molecule has 4 rings (SSSR count). The molecule has 2 fully saturated rings. The first-order valence-corrected chi connectivity index (χ1v) is 9.87. The number of methoxy groups -OCH3 is 3. The van der Waals surface area contributed by atoms with Crippen molar-refractivity contribution in [3.05, 3.63) is 47.5 Å². The van der Waals surface area contributed by atoms with E-state index in [4.69, 9.17) is 28.4 Å². The van der Waals surface area contributed by atoms with E-state index in [-0.39, 0.29) is 30.0 Å². The Morgan fingerprint density at radius 2 is 1.23 bits per heavy atom. The molecule has 0 aromatic heterocycles. The number of fused-ring (bicyclic) bond motifs is 1. The minimum absolute atomic E-state index is 0.0676. The predicted molar refractivity (Wildman–Crippen MR) is 108 cm³/mol. The molecule has 2 saturated heterocycles. The number of benzene rings is 2. The quantitative estimate of drug-likeness (QED) is 0.527. The SMILES string of the molecule is COc1ccc([C@H]2OC[C@H]3[C@@H]2CO[C@@H]3c2ccc(OC(C)=O)c(OC)c2)cc1OC. The van der Waals surface area contributed by atoms with Crippen LogP contribution in [-0.4, -0.2) is 40.5 Å². The monoisotopic (exact) mass is 414 g/mol. The molecule has 2 aliphatic heterocycles. The summed E-state index contributed by atoms with van der Waals surface area (Å²) in [6.07, 6.45) is -0.178. The second-order valence-corrected chi connectivity index (χ2v) is 7.45. The molecule has 7 heteroatoms. The van der Waals surface area contributed by atoms with Crippen LogP contribution in [0.1, 0.15) is 30.3 Å². The molecule has 0 spiro atoms. The van der Waals surface area contributed by atoms with Gasteiger partial charge in [0.1, 0.15) is 0 Å². The Morgan fingerprint density at radius 1 is 0.767 bits per heavy atom. The fraction of sp³-hybridized carbons (Fsp3) is 0.435. The fourth-order valence-corrected chi connectivity index (χ4v) is 4.36. The minimum Gasteiger partial charge on any atom is -0.493 e. The molecule has 0 bridgehead atoms. The fourth-order valence-electron chi connectivity index (χ4n) is 4.36. The van der Waals surface area contributed by atoms with Gasteiger partial charge in [-0.05, 0) is 35.4 Å².